The molecule has 0 saturated carbocycles. The summed E-state index contributed by atoms with van der Waals surface area (Å²) in [7, 11) is 0. The smallest absolute Gasteiger partial charge is 0.0555 e. The molecule has 3 nitrogen and oxygen atoms in total. The van der Waals surface area contributed by atoms with Crippen molar-refractivity contribution in [2.75, 3.05) is 32.8 Å². The predicted molar refractivity (Wildman–Crippen MR) is 70.8 cm³/mol. The van der Waals surface area contributed by atoms with Gasteiger partial charge < -0.3 is 10.4 Å². The van der Waals surface area contributed by atoms with E-state index >= 15 is 0 Å². The van der Waals surface area contributed by atoms with Crippen LogP contribution in [0.2, 0.25) is 0 Å². The Hall–Kier alpha value is -0.120. The number of hydrogen-bond donors (Lipinski definition) is 2. The Morgan fingerprint density at radius 2 is 1.69 bits per heavy atom. The quantitative estimate of drug-likeness (QED) is 0.532. The van der Waals surface area contributed by atoms with Crippen molar-refractivity contribution in [3.63, 3.8) is 0 Å². The van der Waals surface area contributed by atoms with Gasteiger partial charge in [-0.2, -0.15) is 0 Å². The minimum Gasteiger partial charge on any atom is -0.395 e. The van der Waals surface area contributed by atoms with Crippen LogP contribution in [0.25, 0.3) is 0 Å². The first-order chi connectivity index (χ1) is 7.76. The molecule has 0 amide bonds. The zero-order chi connectivity index (χ0) is 12.2. The summed E-state index contributed by atoms with van der Waals surface area (Å²) in [5, 5.41) is 12.0. The lowest BCUT2D eigenvalue weighted by molar-refractivity contribution is 0.194. The van der Waals surface area contributed by atoms with Gasteiger partial charge >= 0.3 is 0 Å². The number of nitrogens with one attached hydrogen (secondary N) is 1. The van der Waals surface area contributed by atoms with E-state index in [2.05, 4.69) is 31.0 Å². The highest BCUT2D eigenvalue weighted by molar-refractivity contribution is 4.69. The Kier molecular flexibility index (Phi) is 11.3. The number of hydrogen-bond acceptors (Lipinski definition) is 3. The molecule has 0 aliphatic rings. The molecule has 0 aromatic heterocycles. The lowest BCUT2D eigenvalue weighted by Crippen LogP contribution is -2.42. The van der Waals surface area contributed by atoms with Gasteiger partial charge in [0.15, 0.2) is 0 Å². The van der Waals surface area contributed by atoms with Gasteiger partial charge in [0, 0.05) is 19.1 Å². The van der Waals surface area contributed by atoms with Crippen LogP contribution < -0.4 is 5.32 Å². The van der Waals surface area contributed by atoms with Gasteiger partial charge in [-0.1, -0.05) is 26.7 Å². The third kappa shape index (κ3) is 8.08. The molecular weight excluding hydrogens is 200 g/mol. The number of nitrogens with zero attached hydrogens (tertiary/aromatic N) is 1. The van der Waals surface area contributed by atoms with E-state index in [1.54, 1.807) is 0 Å². The van der Waals surface area contributed by atoms with Crippen LogP contribution in [0, 0.1) is 0 Å². The molecule has 0 aromatic rings. The van der Waals surface area contributed by atoms with Gasteiger partial charge in [-0.25, -0.2) is 0 Å². The first-order valence-corrected chi connectivity index (χ1v) is 6.81. The van der Waals surface area contributed by atoms with E-state index in [1.165, 1.54) is 38.8 Å². The summed E-state index contributed by atoms with van der Waals surface area (Å²) in [5.41, 5.74) is 0. The van der Waals surface area contributed by atoms with Crippen molar-refractivity contribution in [3.8, 4) is 0 Å². The summed E-state index contributed by atoms with van der Waals surface area (Å²) in [6.45, 7) is 11.1. The fourth-order valence-corrected chi connectivity index (χ4v) is 1.79. The van der Waals surface area contributed by atoms with Gasteiger partial charge in [0.25, 0.3) is 0 Å². The molecular formula is C13H30N2O. The zero-order valence-electron chi connectivity index (χ0n) is 11.3. The number of rotatable bonds is 11. The molecule has 1 atom stereocenters. The van der Waals surface area contributed by atoms with E-state index in [9.17, 15) is 0 Å². The van der Waals surface area contributed by atoms with Crippen molar-refractivity contribution in [3.05, 3.63) is 0 Å². The van der Waals surface area contributed by atoms with Gasteiger partial charge in [-0.05, 0) is 32.9 Å². The molecule has 0 saturated heterocycles. The molecule has 0 heterocycles. The summed E-state index contributed by atoms with van der Waals surface area (Å²) in [6.07, 6.45) is 5.10. The van der Waals surface area contributed by atoms with E-state index in [4.69, 9.17) is 5.11 Å². The molecule has 0 spiro atoms. The minimum atomic E-state index is 0.233. The molecule has 0 aliphatic heterocycles. The van der Waals surface area contributed by atoms with Gasteiger partial charge in [0.1, 0.15) is 0 Å². The highest BCUT2D eigenvalue weighted by Crippen LogP contribution is 2.04. The fourth-order valence-electron chi connectivity index (χ4n) is 1.79. The zero-order valence-corrected chi connectivity index (χ0v) is 11.3. The standard InChI is InChI=1S/C13H30N2O/c1-4-6-9-15(10-7-5-2)13(3)12-14-8-11-16/h13-14,16H,4-12H2,1-3H3. The topological polar surface area (TPSA) is 35.5 Å². The largest absolute Gasteiger partial charge is 0.395 e. The van der Waals surface area contributed by atoms with Crippen LogP contribution in [-0.4, -0.2) is 48.8 Å². The Bertz CT molecular complexity index is 134. The van der Waals surface area contributed by atoms with Crippen LogP contribution in [0.4, 0.5) is 0 Å². The molecule has 98 valence electrons. The number of unbranched alkanes of at least 4 members (excludes halogenated alkanes) is 2. The molecule has 0 fully saturated rings. The van der Waals surface area contributed by atoms with Crippen LogP contribution in [0.3, 0.4) is 0 Å². The maximum absolute atomic E-state index is 8.72. The van der Waals surface area contributed by atoms with E-state index in [0.29, 0.717) is 12.6 Å². The summed E-state index contributed by atoms with van der Waals surface area (Å²) < 4.78 is 0. The van der Waals surface area contributed by atoms with Crippen LogP contribution in [0.1, 0.15) is 46.5 Å². The Labute approximate surface area is 101 Å². The number of aliphatic hydroxyl groups excluding tert-OH is 1. The predicted octanol–water partition coefficient (Wildman–Crippen LogP) is 1.86. The average molecular weight is 230 g/mol. The second-order valence-corrected chi connectivity index (χ2v) is 4.52. The lowest BCUT2D eigenvalue weighted by atomic mass is 10.2. The van der Waals surface area contributed by atoms with Crippen molar-refractivity contribution < 1.29 is 5.11 Å². The van der Waals surface area contributed by atoms with Crippen LogP contribution in [0.5, 0.6) is 0 Å². The Balaban J connectivity index is 3.83. The SMILES string of the molecule is CCCCN(CCCC)C(C)CNCCO. The Morgan fingerprint density at radius 1 is 1.12 bits per heavy atom. The van der Waals surface area contributed by atoms with Crippen molar-refractivity contribution in [1.29, 1.82) is 0 Å². The highest BCUT2D eigenvalue weighted by atomic mass is 16.3. The number of aliphatic hydroxyl groups is 1. The maximum atomic E-state index is 8.72. The molecule has 16 heavy (non-hydrogen) atoms. The molecule has 0 radical (unpaired) electrons. The first kappa shape index (κ1) is 15.9. The van der Waals surface area contributed by atoms with Crippen LogP contribution >= 0.6 is 0 Å². The van der Waals surface area contributed by atoms with E-state index in [-0.39, 0.29) is 6.61 Å². The normalized spacial score (nSPS) is 13.3. The van der Waals surface area contributed by atoms with Gasteiger partial charge in [-0.15, -0.1) is 0 Å². The van der Waals surface area contributed by atoms with Gasteiger partial charge in [0.05, 0.1) is 6.61 Å². The molecule has 0 aliphatic carbocycles. The molecule has 3 heteroatoms. The molecule has 0 aromatic carbocycles. The van der Waals surface area contributed by atoms with Crippen LogP contribution in [-0.2, 0) is 0 Å². The van der Waals surface area contributed by atoms with E-state index < -0.39 is 0 Å². The van der Waals surface area contributed by atoms with Gasteiger partial charge in [-0.3, -0.25) is 4.90 Å². The summed E-state index contributed by atoms with van der Waals surface area (Å²) in [4.78, 5) is 2.57. The van der Waals surface area contributed by atoms with Gasteiger partial charge in [0.2, 0.25) is 0 Å². The monoisotopic (exact) mass is 230 g/mol. The highest BCUT2D eigenvalue weighted by Gasteiger charge is 2.11. The van der Waals surface area contributed by atoms with E-state index in [0.717, 1.165) is 6.54 Å². The third-order valence-corrected chi connectivity index (χ3v) is 2.95. The van der Waals surface area contributed by atoms with Crippen molar-refractivity contribution in [2.24, 2.45) is 0 Å². The maximum Gasteiger partial charge on any atom is 0.0555 e. The van der Waals surface area contributed by atoms with Crippen LogP contribution in [0.15, 0.2) is 0 Å². The van der Waals surface area contributed by atoms with Crippen molar-refractivity contribution in [1.82, 2.24) is 10.2 Å². The summed E-state index contributed by atoms with van der Waals surface area (Å²) in [5.74, 6) is 0. The molecule has 2 N–H and O–H groups in total. The lowest BCUT2D eigenvalue weighted by Gasteiger charge is -2.29. The average Bonchev–Trinajstić information content (AvgIpc) is 2.29. The van der Waals surface area contributed by atoms with Crippen molar-refractivity contribution >= 4 is 0 Å². The second-order valence-electron chi connectivity index (χ2n) is 4.52. The molecule has 0 rings (SSSR count). The Morgan fingerprint density at radius 3 is 2.12 bits per heavy atom. The third-order valence-electron chi connectivity index (χ3n) is 2.95. The molecule has 1 unspecified atom stereocenters. The molecule has 0 bridgehead atoms. The van der Waals surface area contributed by atoms with Crippen molar-refractivity contribution in [2.45, 2.75) is 52.5 Å². The van der Waals surface area contributed by atoms with E-state index in [1.807, 2.05) is 0 Å². The first-order valence-electron chi connectivity index (χ1n) is 6.81. The second kappa shape index (κ2) is 11.4. The fraction of sp³-hybridized carbons (Fsp3) is 1.00. The minimum absolute atomic E-state index is 0.233. The summed E-state index contributed by atoms with van der Waals surface area (Å²) in [6, 6.07) is 0.574. The summed E-state index contributed by atoms with van der Waals surface area (Å²) >= 11 is 0.